The number of rotatable bonds is 4. The monoisotopic (exact) mass is 308 g/mol. The first-order chi connectivity index (χ1) is 10.1. The third kappa shape index (κ3) is 5.30. The molecule has 114 valence electrons. The zero-order valence-corrected chi connectivity index (χ0v) is 12.7. The summed E-state index contributed by atoms with van der Waals surface area (Å²) in [5.74, 6) is -0.879. The molecule has 0 atom stereocenters. The molecule has 1 amide bonds. The predicted molar refractivity (Wildman–Crippen MR) is 83.2 cm³/mol. The zero-order valence-electron chi connectivity index (χ0n) is 11.9. The van der Waals surface area contributed by atoms with E-state index in [1.807, 2.05) is 0 Å². The number of aromatic nitrogens is 1. The molecule has 0 aromatic carbocycles. The van der Waals surface area contributed by atoms with Gasteiger partial charge in [-0.1, -0.05) is 43.4 Å². The quantitative estimate of drug-likeness (QED) is 0.834. The van der Waals surface area contributed by atoms with Gasteiger partial charge in [0.15, 0.2) is 5.13 Å². The van der Waals surface area contributed by atoms with Crippen molar-refractivity contribution < 1.29 is 14.7 Å². The lowest BCUT2D eigenvalue weighted by atomic mass is 9.90. The van der Waals surface area contributed by atoms with Crippen LogP contribution in [0.1, 0.15) is 49.8 Å². The molecule has 1 aliphatic carbocycles. The minimum atomic E-state index is -0.997. The van der Waals surface area contributed by atoms with Gasteiger partial charge in [0.25, 0.3) is 0 Å². The summed E-state index contributed by atoms with van der Waals surface area (Å²) in [6.45, 7) is 0. The van der Waals surface area contributed by atoms with E-state index in [1.165, 1.54) is 36.7 Å². The van der Waals surface area contributed by atoms with Crippen LogP contribution in [0.2, 0.25) is 0 Å². The van der Waals surface area contributed by atoms with E-state index in [0.29, 0.717) is 10.0 Å². The minimum Gasteiger partial charge on any atom is -0.478 e. The smallest absolute Gasteiger partial charge is 0.328 e. The summed E-state index contributed by atoms with van der Waals surface area (Å²) in [5.41, 5.74) is 0. The van der Waals surface area contributed by atoms with Gasteiger partial charge in [0.2, 0.25) is 5.91 Å². The summed E-state index contributed by atoms with van der Waals surface area (Å²) in [6.07, 6.45) is 11.9. The van der Waals surface area contributed by atoms with Crippen LogP contribution >= 0.6 is 11.3 Å². The number of carboxylic acids is 1. The molecule has 6 heteroatoms. The molecule has 1 aliphatic rings. The lowest BCUT2D eigenvalue weighted by Gasteiger charge is -2.18. The van der Waals surface area contributed by atoms with Gasteiger partial charge in [-0.2, -0.15) is 0 Å². The van der Waals surface area contributed by atoms with Gasteiger partial charge in [0, 0.05) is 23.1 Å². The molecule has 0 aliphatic heterocycles. The molecular weight excluding hydrogens is 288 g/mol. The molecule has 1 saturated carbocycles. The van der Waals surface area contributed by atoms with Crippen LogP contribution in [-0.4, -0.2) is 22.0 Å². The van der Waals surface area contributed by atoms with Crippen LogP contribution in [0.4, 0.5) is 5.13 Å². The van der Waals surface area contributed by atoms with Gasteiger partial charge in [0.05, 0.1) is 0 Å². The molecule has 0 radical (unpaired) electrons. The standard InChI is InChI=1S/C15H20N2O3S/c18-13(19)9-8-12-10-16-15(21-12)17-14(20)11-6-4-2-1-3-5-7-11/h8-11H,1-7H2,(H,18,19)(H,16,17,20). The maximum absolute atomic E-state index is 12.3. The number of amides is 1. The van der Waals surface area contributed by atoms with Crippen molar-refractivity contribution in [3.63, 3.8) is 0 Å². The number of carbonyl (C=O) groups excluding carboxylic acids is 1. The second kappa shape index (κ2) is 7.93. The van der Waals surface area contributed by atoms with Gasteiger partial charge in [-0.05, 0) is 18.9 Å². The Morgan fingerprint density at radius 2 is 1.90 bits per heavy atom. The van der Waals surface area contributed by atoms with Gasteiger partial charge in [-0.15, -0.1) is 0 Å². The lowest BCUT2D eigenvalue weighted by molar-refractivity contribution is -0.131. The Kier molecular flexibility index (Phi) is 5.92. The summed E-state index contributed by atoms with van der Waals surface area (Å²) in [5, 5.41) is 12.0. The molecule has 21 heavy (non-hydrogen) atoms. The minimum absolute atomic E-state index is 0.0417. The molecule has 1 heterocycles. The molecule has 1 aromatic heterocycles. The van der Waals surface area contributed by atoms with E-state index in [4.69, 9.17) is 5.11 Å². The number of aliphatic carboxylic acids is 1. The van der Waals surface area contributed by atoms with E-state index < -0.39 is 5.97 Å². The van der Waals surface area contributed by atoms with Crippen molar-refractivity contribution in [2.45, 2.75) is 44.9 Å². The fraction of sp³-hybridized carbons (Fsp3) is 0.533. The molecule has 2 N–H and O–H groups in total. The Morgan fingerprint density at radius 3 is 2.57 bits per heavy atom. The molecule has 0 unspecified atom stereocenters. The first kappa shape index (κ1) is 15.7. The maximum Gasteiger partial charge on any atom is 0.328 e. The van der Waals surface area contributed by atoms with Gasteiger partial charge in [0.1, 0.15) is 0 Å². The summed E-state index contributed by atoms with van der Waals surface area (Å²) >= 11 is 1.28. The number of carboxylic acid groups (broad SMARTS) is 1. The largest absolute Gasteiger partial charge is 0.478 e. The van der Waals surface area contributed by atoms with Crippen LogP contribution in [0.5, 0.6) is 0 Å². The van der Waals surface area contributed by atoms with Gasteiger partial charge >= 0.3 is 5.97 Å². The average molecular weight is 308 g/mol. The maximum atomic E-state index is 12.3. The van der Waals surface area contributed by atoms with Gasteiger partial charge in [-0.25, -0.2) is 9.78 Å². The van der Waals surface area contributed by atoms with Crippen molar-refractivity contribution in [2.75, 3.05) is 5.32 Å². The van der Waals surface area contributed by atoms with E-state index >= 15 is 0 Å². The molecule has 0 saturated heterocycles. The fourth-order valence-electron chi connectivity index (χ4n) is 2.50. The second-order valence-electron chi connectivity index (χ2n) is 5.27. The fourth-order valence-corrected chi connectivity index (χ4v) is 3.22. The summed E-state index contributed by atoms with van der Waals surface area (Å²) < 4.78 is 0. The second-order valence-corrected chi connectivity index (χ2v) is 6.33. The number of hydrogen-bond donors (Lipinski definition) is 2. The van der Waals surface area contributed by atoms with E-state index in [2.05, 4.69) is 10.3 Å². The Labute approximate surface area is 128 Å². The topological polar surface area (TPSA) is 79.3 Å². The molecule has 1 aromatic rings. The lowest BCUT2D eigenvalue weighted by Crippen LogP contribution is -2.23. The first-order valence-electron chi connectivity index (χ1n) is 7.33. The Balaban J connectivity index is 1.90. The third-order valence-electron chi connectivity index (χ3n) is 3.62. The van der Waals surface area contributed by atoms with Crippen molar-refractivity contribution in [1.29, 1.82) is 0 Å². The van der Waals surface area contributed by atoms with Crippen molar-refractivity contribution in [3.05, 3.63) is 17.2 Å². The predicted octanol–water partition coefficient (Wildman–Crippen LogP) is 3.54. The number of nitrogens with zero attached hydrogens (tertiary/aromatic N) is 1. The highest BCUT2D eigenvalue weighted by Crippen LogP contribution is 2.25. The highest BCUT2D eigenvalue weighted by atomic mass is 32.1. The summed E-state index contributed by atoms with van der Waals surface area (Å²) in [6, 6.07) is 0. The third-order valence-corrected chi connectivity index (χ3v) is 4.50. The number of thiazole rings is 1. The van der Waals surface area contributed by atoms with Crippen molar-refractivity contribution in [2.24, 2.45) is 5.92 Å². The molecule has 0 bridgehead atoms. The number of nitrogens with one attached hydrogen (secondary N) is 1. The van der Waals surface area contributed by atoms with Gasteiger partial charge in [-0.3, -0.25) is 4.79 Å². The first-order valence-corrected chi connectivity index (χ1v) is 8.14. The van der Waals surface area contributed by atoms with E-state index in [1.54, 1.807) is 6.20 Å². The molecule has 0 spiro atoms. The molecule has 1 fully saturated rings. The Morgan fingerprint density at radius 1 is 1.24 bits per heavy atom. The summed E-state index contributed by atoms with van der Waals surface area (Å²) in [7, 11) is 0. The molecular formula is C15H20N2O3S. The SMILES string of the molecule is O=C(O)C=Cc1cnc(NC(=O)C2CCCCCCC2)s1. The average Bonchev–Trinajstić information content (AvgIpc) is 2.83. The Bertz CT molecular complexity index is 517. The highest BCUT2D eigenvalue weighted by molar-refractivity contribution is 7.16. The number of anilines is 1. The van der Waals surface area contributed by atoms with Crippen LogP contribution in [0.25, 0.3) is 6.08 Å². The molecule has 2 rings (SSSR count). The van der Waals surface area contributed by atoms with Crippen molar-refractivity contribution in [3.8, 4) is 0 Å². The zero-order chi connectivity index (χ0) is 15.1. The van der Waals surface area contributed by atoms with Crippen LogP contribution < -0.4 is 5.32 Å². The number of carbonyl (C=O) groups is 2. The van der Waals surface area contributed by atoms with Gasteiger partial charge < -0.3 is 10.4 Å². The highest BCUT2D eigenvalue weighted by Gasteiger charge is 2.20. The normalized spacial score (nSPS) is 17.3. The van der Waals surface area contributed by atoms with Crippen molar-refractivity contribution >= 4 is 34.4 Å². The van der Waals surface area contributed by atoms with E-state index in [-0.39, 0.29) is 11.8 Å². The van der Waals surface area contributed by atoms with Crippen LogP contribution in [0, 0.1) is 5.92 Å². The van der Waals surface area contributed by atoms with Crippen LogP contribution in [-0.2, 0) is 9.59 Å². The van der Waals surface area contributed by atoms with Crippen LogP contribution in [0.15, 0.2) is 12.3 Å². The van der Waals surface area contributed by atoms with E-state index in [0.717, 1.165) is 31.8 Å². The van der Waals surface area contributed by atoms with E-state index in [9.17, 15) is 9.59 Å². The van der Waals surface area contributed by atoms with Crippen molar-refractivity contribution in [1.82, 2.24) is 4.98 Å². The number of hydrogen-bond acceptors (Lipinski definition) is 4. The Hall–Kier alpha value is -1.69. The van der Waals surface area contributed by atoms with Crippen LogP contribution in [0.3, 0.4) is 0 Å². The molecule has 5 nitrogen and oxygen atoms in total. The summed E-state index contributed by atoms with van der Waals surface area (Å²) in [4.78, 5) is 27.5.